The lowest BCUT2D eigenvalue weighted by atomic mass is 10.8. The van der Waals surface area contributed by atoms with E-state index in [0.717, 1.165) is 0 Å². The van der Waals surface area contributed by atoms with Crippen molar-refractivity contribution < 1.29 is 9.42 Å². The molecule has 0 saturated heterocycles. The molecule has 0 aliphatic carbocycles. The third kappa shape index (κ3) is 3.82. The second-order valence-electron chi connectivity index (χ2n) is 1.68. The zero-order chi connectivity index (χ0) is 7.28. The maximum Gasteiger partial charge on any atom is 0.185 e. The van der Waals surface area contributed by atoms with Crippen molar-refractivity contribution in [2.24, 2.45) is 0 Å². The second kappa shape index (κ2) is 5.12. The van der Waals surface area contributed by atoms with Crippen LogP contribution in [0.15, 0.2) is 0 Å². The standard InChI is InChI=1S/C5H14NO2P/c1-4-8-9(7)5(2)6-3/h5-7H,4H2,1-3H3. The molecule has 0 bridgehead atoms. The molecule has 9 heavy (non-hydrogen) atoms. The van der Waals surface area contributed by atoms with Crippen molar-refractivity contribution in [3.05, 3.63) is 0 Å². The van der Waals surface area contributed by atoms with Crippen LogP contribution in [0.3, 0.4) is 0 Å². The van der Waals surface area contributed by atoms with Gasteiger partial charge in [-0.15, -0.1) is 0 Å². The fraction of sp³-hybridized carbons (Fsp3) is 1.00. The summed E-state index contributed by atoms with van der Waals surface area (Å²) in [4.78, 5) is 9.10. The van der Waals surface area contributed by atoms with Gasteiger partial charge in [0.1, 0.15) is 0 Å². The topological polar surface area (TPSA) is 41.5 Å². The van der Waals surface area contributed by atoms with E-state index in [4.69, 9.17) is 9.42 Å². The molecule has 56 valence electrons. The van der Waals surface area contributed by atoms with Crippen molar-refractivity contribution in [2.45, 2.75) is 19.6 Å². The molecule has 3 nitrogen and oxygen atoms in total. The van der Waals surface area contributed by atoms with Crippen molar-refractivity contribution in [1.82, 2.24) is 5.32 Å². The van der Waals surface area contributed by atoms with Gasteiger partial charge in [0, 0.05) is 0 Å². The van der Waals surface area contributed by atoms with E-state index in [1.165, 1.54) is 0 Å². The van der Waals surface area contributed by atoms with Crippen molar-refractivity contribution >= 4 is 8.38 Å². The van der Waals surface area contributed by atoms with Gasteiger partial charge in [0.25, 0.3) is 0 Å². The van der Waals surface area contributed by atoms with Crippen molar-refractivity contribution in [2.75, 3.05) is 13.7 Å². The van der Waals surface area contributed by atoms with E-state index in [1.54, 1.807) is 7.05 Å². The van der Waals surface area contributed by atoms with E-state index in [1.807, 2.05) is 13.8 Å². The molecular weight excluding hydrogens is 137 g/mol. The smallest absolute Gasteiger partial charge is 0.185 e. The highest BCUT2D eigenvalue weighted by molar-refractivity contribution is 7.46. The monoisotopic (exact) mass is 151 g/mol. The van der Waals surface area contributed by atoms with Gasteiger partial charge >= 0.3 is 0 Å². The van der Waals surface area contributed by atoms with Crippen LogP contribution in [0.5, 0.6) is 0 Å². The Labute approximate surface area is 57.3 Å². The third-order valence-corrected chi connectivity index (χ3v) is 2.45. The Morgan fingerprint density at radius 2 is 2.33 bits per heavy atom. The predicted molar refractivity (Wildman–Crippen MR) is 39.3 cm³/mol. The van der Waals surface area contributed by atoms with E-state index >= 15 is 0 Å². The minimum Gasteiger partial charge on any atom is -0.349 e. The van der Waals surface area contributed by atoms with Gasteiger partial charge < -0.3 is 14.7 Å². The Balaban J connectivity index is 3.32. The molecule has 0 radical (unpaired) electrons. The average Bonchev–Trinajstić information content (AvgIpc) is 1.87. The van der Waals surface area contributed by atoms with Crippen LogP contribution in [0.4, 0.5) is 0 Å². The van der Waals surface area contributed by atoms with Gasteiger partial charge in [0.15, 0.2) is 8.38 Å². The zero-order valence-electron chi connectivity index (χ0n) is 6.09. The minimum atomic E-state index is -1.25. The van der Waals surface area contributed by atoms with Gasteiger partial charge in [-0.05, 0) is 20.9 Å². The third-order valence-electron chi connectivity index (χ3n) is 1.01. The second-order valence-corrected chi connectivity index (χ2v) is 3.32. The highest BCUT2D eigenvalue weighted by Gasteiger charge is 2.11. The van der Waals surface area contributed by atoms with Crippen LogP contribution in [0.25, 0.3) is 0 Å². The van der Waals surface area contributed by atoms with Crippen molar-refractivity contribution in [3.63, 3.8) is 0 Å². The predicted octanol–water partition coefficient (Wildman–Crippen LogP) is 0.893. The first-order chi connectivity index (χ1) is 4.22. The first kappa shape index (κ1) is 9.31. The Bertz CT molecular complexity index is 72.0. The van der Waals surface area contributed by atoms with Gasteiger partial charge in [-0.25, -0.2) is 0 Å². The van der Waals surface area contributed by atoms with E-state index < -0.39 is 8.38 Å². The molecule has 0 aliphatic rings. The minimum absolute atomic E-state index is 0.0694. The molecule has 0 saturated carbocycles. The summed E-state index contributed by atoms with van der Waals surface area (Å²) in [5.74, 6) is 0.0694. The lowest BCUT2D eigenvalue weighted by Crippen LogP contribution is -2.19. The molecule has 0 rings (SSSR count). The summed E-state index contributed by atoms with van der Waals surface area (Å²) >= 11 is 0. The molecule has 0 spiro atoms. The summed E-state index contributed by atoms with van der Waals surface area (Å²) in [6, 6.07) is 0. The van der Waals surface area contributed by atoms with E-state index in [9.17, 15) is 0 Å². The number of hydrogen-bond acceptors (Lipinski definition) is 3. The summed E-state index contributed by atoms with van der Waals surface area (Å²) in [6.07, 6.45) is 0. The molecule has 0 aromatic rings. The molecule has 4 heteroatoms. The Morgan fingerprint density at radius 3 is 2.67 bits per heavy atom. The van der Waals surface area contributed by atoms with Gasteiger partial charge in [-0.2, -0.15) is 0 Å². The molecule has 0 amide bonds. The summed E-state index contributed by atoms with van der Waals surface area (Å²) < 4.78 is 4.95. The van der Waals surface area contributed by atoms with Gasteiger partial charge in [-0.3, -0.25) is 0 Å². The van der Waals surface area contributed by atoms with Gasteiger partial charge in [0.2, 0.25) is 0 Å². The number of hydrogen-bond donors (Lipinski definition) is 2. The average molecular weight is 151 g/mol. The number of nitrogens with one attached hydrogen (secondary N) is 1. The van der Waals surface area contributed by atoms with E-state index in [-0.39, 0.29) is 5.78 Å². The molecule has 0 aromatic heterocycles. The van der Waals surface area contributed by atoms with Crippen LogP contribution >= 0.6 is 8.38 Å². The van der Waals surface area contributed by atoms with Crippen LogP contribution in [-0.4, -0.2) is 24.3 Å². The Kier molecular flexibility index (Phi) is 5.30. The SMILES string of the molecule is CCOP(O)C(C)NC. The summed E-state index contributed by atoms with van der Waals surface area (Å²) in [5.41, 5.74) is 0. The van der Waals surface area contributed by atoms with Crippen LogP contribution in [-0.2, 0) is 4.52 Å². The molecule has 2 unspecified atom stereocenters. The zero-order valence-corrected chi connectivity index (χ0v) is 6.98. The fourth-order valence-corrected chi connectivity index (χ4v) is 1.06. The quantitative estimate of drug-likeness (QED) is 0.586. The van der Waals surface area contributed by atoms with Gasteiger partial charge in [-0.1, -0.05) is 0 Å². The van der Waals surface area contributed by atoms with Crippen LogP contribution in [0.2, 0.25) is 0 Å². The molecule has 2 N–H and O–H groups in total. The molecule has 0 heterocycles. The molecule has 0 aliphatic heterocycles. The molecular formula is C5H14NO2P. The lowest BCUT2D eigenvalue weighted by Gasteiger charge is -2.15. The lowest BCUT2D eigenvalue weighted by molar-refractivity contribution is 0.319. The van der Waals surface area contributed by atoms with Crippen molar-refractivity contribution in [3.8, 4) is 0 Å². The van der Waals surface area contributed by atoms with Crippen LogP contribution in [0, 0.1) is 0 Å². The van der Waals surface area contributed by atoms with E-state index in [0.29, 0.717) is 6.61 Å². The summed E-state index contributed by atoms with van der Waals surface area (Å²) in [5, 5.41) is 2.90. The molecule has 0 fully saturated rings. The normalized spacial score (nSPS) is 17.3. The first-order valence-electron chi connectivity index (χ1n) is 3.00. The summed E-state index contributed by atoms with van der Waals surface area (Å²) in [6.45, 7) is 4.34. The van der Waals surface area contributed by atoms with E-state index in [2.05, 4.69) is 5.32 Å². The Hall–Kier alpha value is 0.310. The highest BCUT2D eigenvalue weighted by atomic mass is 31.2. The van der Waals surface area contributed by atoms with Gasteiger partial charge in [0.05, 0.1) is 12.4 Å². The maximum atomic E-state index is 9.10. The largest absolute Gasteiger partial charge is 0.349 e. The Morgan fingerprint density at radius 1 is 1.78 bits per heavy atom. The number of rotatable bonds is 4. The van der Waals surface area contributed by atoms with Crippen LogP contribution < -0.4 is 5.32 Å². The first-order valence-corrected chi connectivity index (χ1v) is 4.28. The van der Waals surface area contributed by atoms with Crippen LogP contribution in [0.1, 0.15) is 13.8 Å². The highest BCUT2D eigenvalue weighted by Crippen LogP contribution is 2.34. The van der Waals surface area contributed by atoms with Crippen molar-refractivity contribution in [1.29, 1.82) is 0 Å². The summed E-state index contributed by atoms with van der Waals surface area (Å²) in [7, 11) is 0.548. The fourth-order valence-electron chi connectivity index (χ4n) is 0.355. The maximum absolute atomic E-state index is 9.10. The molecule has 0 aromatic carbocycles. The molecule has 2 atom stereocenters.